The summed E-state index contributed by atoms with van der Waals surface area (Å²) < 4.78 is 0. The molecule has 0 unspecified atom stereocenters. The van der Waals surface area contributed by atoms with Crippen LogP contribution in [0.15, 0.2) is 425 Å². The zero-order chi connectivity index (χ0) is 70.1. The smallest absolute Gasteiger partial charge is 0.0725 e. The summed E-state index contributed by atoms with van der Waals surface area (Å²) in [5, 5.41) is 0. The maximum Gasteiger partial charge on any atom is 0.0725 e. The molecule has 0 aromatic heterocycles. The van der Waals surface area contributed by atoms with Gasteiger partial charge in [-0.05, 0) is 217 Å². The predicted molar refractivity (Wildman–Crippen MR) is 442 cm³/mol. The second-order valence-corrected chi connectivity index (χ2v) is 28.1. The van der Waals surface area contributed by atoms with Crippen LogP contribution >= 0.6 is 0 Å². The number of hydrogen-bond donors (Lipinski definition) is 0. The summed E-state index contributed by atoms with van der Waals surface area (Å²) in [5.74, 6) is 0. The van der Waals surface area contributed by atoms with Crippen molar-refractivity contribution in [3.8, 4) is 100 Å². The quantitative estimate of drug-likeness (QED) is 0.127. The van der Waals surface area contributed by atoms with E-state index in [9.17, 15) is 0 Å². The van der Waals surface area contributed by atoms with E-state index >= 15 is 0 Å². The lowest BCUT2D eigenvalue weighted by Gasteiger charge is -2.31. The maximum atomic E-state index is 2.42. The first-order chi connectivity index (χ1) is 52.6. The molecule has 2 nitrogen and oxygen atoms in total. The van der Waals surface area contributed by atoms with Crippen molar-refractivity contribution >= 4 is 34.1 Å². The van der Waals surface area contributed by atoms with Gasteiger partial charge < -0.3 is 9.80 Å². The first-order valence-corrected chi connectivity index (χ1v) is 36.8. The molecule has 0 amide bonds. The minimum atomic E-state index is -0.357. The molecule has 17 aromatic carbocycles. The molecule has 2 spiro atoms. The lowest BCUT2D eigenvalue weighted by molar-refractivity contribution is 0.794. The molecule has 4 aliphatic carbocycles. The van der Waals surface area contributed by atoms with Gasteiger partial charge in [0, 0.05) is 34.1 Å². The summed E-state index contributed by atoms with van der Waals surface area (Å²) in [6, 6.07) is 156. The number of hydrogen-bond acceptors (Lipinski definition) is 2. The first-order valence-electron chi connectivity index (χ1n) is 36.8. The van der Waals surface area contributed by atoms with E-state index < -0.39 is 0 Å². The molecule has 0 bridgehead atoms. The highest BCUT2D eigenvalue weighted by Crippen LogP contribution is 2.66. The van der Waals surface area contributed by atoms with Crippen molar-refractivity contribution in [1.29, 1.82) is 0 Å². The van der Waals surface area contributed by atoms with Crippen LogP contribution in [0.4, 0.5) is 34.1 Å². The molecule has 0 atom stereocenters. The fourth-order valence-corrected chi connectivity index (χ4v) is 18.0. The van der Waals surface area contributed by atoms with Gasteiger partial charge in [-0.25, -0.2) is 0 Å². The topological polar surface area (TPSA) is 6.48 Å². The Morgan fingerprint density at radius 2 is 0.349 bits per heavy atom. The average molecular weight is 1350 g/mol. The lowest BCUT2D eigenvalue weighted by atomic mass is 9.70. The van der Waals surface area contributed by atoms with E-state index in [4.69, 9.17) is 0 Å². The van der Waals surface area contributed by atoms with Crippen LogP contribution in [0, 0.1) is 0 Å². The van der Waals surface area contributed by atoms with E-state index in [1.807, 2.05) is 0 Å². The molecule has 21 rings (SSSR count). The van der Waals surface area contributed by atoms with Crippen LogP contribution in [-0.2, 0) is 10.8 Å². The van der Waals surface area contributed by atoms with Crippen molar-refractivity contribution in [3.05, 3.63) is 469 Å². The second kappa shape index (κ2) is 25.7. The summed E-state index contributed by atoms with van der Waals surface area (Å²) in [5.41, 5.74) is 39.6. The number of anilines is 6. The Hall–Kier alpha value is -13.7. The summed E-state index contributed by atoms with van der Waals surface area (Å²) in [4.78, 5) is 4.76. The Bertz CT molecular complexity index is 5890. The van der Waals surface area contributed by atoms with Crippen molar-refractivity contribution < 1.29 is 0 Å². The van der Waals surface area contributed by atoms with Crippen molar-refractivity contribution in [2.45, 2.75) is 10.8 Å². The average Bonchev–Trinajstić information content (AvgIpc) is 1.52. The van der Waals surface area contributed by atoms with E-state index in [0.717, 1.165) is 34.1 Å². The standard InChI is InChI=1S/C55H37N.C49H33N/c1-3-14-38(15-4-1)40-26-32-43(33-27-40)56(44-34-28-41(29-35-44)39-16-5-2-6-17-39)45-36-30-42(31-37-45)46-21-13-25-53-54(46)49-20-9-12-24-52(49)55(53)50-22-10-7-18-47(50)48-19-8-11-23-51(48)55;1-3-13-34(14-4-1)36-23-27-38(28-24-36)50(39-29-25-37(26-30-39)35-15-5-2-6-16-35)40-31-32-48-44(33-40)43-19-9-12-22-47(43)49(48)45-20-10-7-17-41(45)42-18-8-11-21-46(42)49/h1-37H;1-33H. The molecule has 0 saturated carbocycles. The van der Waals surface area contributed by atoms with E-state index in [0.29, 0.717) is 0 Å². The Kier molecular flexibility index (Phi) is 15.1. The van der Waals surface area contributed by atoms with Crippen molar-refractivity contribution in [2.75, 3.05) is 9.80 Å². The highest BCUT2D eigenvalue weighted by Gasteiger charge is 2.53. The Labute approximate surface area is 620 Å². The van der Waals surface area contributed by atoms with Crippen LogP contribution in [0.3, 0.4) is 0 Å². The molecular weight excluding hydrogens is 1280 g/mol. The lowest BCUT2D eigenvalue weighted by Crippen LogP contribution is -2.25. The molecule has 106 heavy (non-hydrogen) atoms. The largest absolute Gasteiger partial charge is 0.311 e. The van der Waals surface area contributed by atoms with Crippen LogP contribution < -0.4 is 9.80 Å². The monoisotopic (exact) mass is 1350 g/mol. The molecule has 4 aliphatic rings. The molecule has 496 valence electrons. The number of benzene rings is 17. The van der Waals surface area contributed by atoms with E-state index in [1.165, 1.54) is 145 Å². The second-order valence-electron chi connectivity index (χ2n) is 28.1. The SMILES string of the molecule is c1ccc(-c2ccc(N(c3ccc(-c4ccccc4)cc3)c3ccc(-c4cccc5c4-c4ccccc4C54c5ccccc5-c5ccccc54)cc3)cc2)cc1.c1ccc(-c2ccc(N(c3ccc(-c4ccccc4)cc3)c3ccc4c(c3)-c3ccccc3C43c4ccccc4-c4ccccc43)cc2)cc1. The van der Waals surface area contributed by atoms with Crippen molar-refractivity contribution in [1.82, 2.24) is 0 Å². The van der Waals surface area contributed by atoms with Gasteiger partial charge in [0.15, 0.2) is 0 Å². The summed E-state index contributed by atoms with van der Waals surface area (Å²) in [6.07, 6.45) is 0. The molecule has 2 heteroatoms. The third-order valence-electron chi connectivity index (χ3n) is 22.6. The van der Waals surface area contributed by atoms with Gasteiger partial charge in [-0.2, -0.15) is 0 Å². The fourth-order valence-electron chi connectivity index (χ4n) is 18.0. The zero-order valence-corrected chi connectivity index (χ0v) is 58.3. The highest BCUT2D eigenvalue weighted by molar-refractivity contribution is 6.01. The highest BCUT2D eigenvalue weighted by atomic mass is 15.1. The Morgan fingerprint density at radius 3 is 0.689 bits per heavy atom. The Balaban J connectivity index is 0.000000141. The van der Waals surface area contributed by atoms with Gasteiger partial charge in [-0.3, -0.25) is 0 Å². The van der Waals surface area contributed by atoms with Crippen molar-refractivity contribution in [3.63, 3.8) is 0 Å². The number of nitrogens with zero attached hydrogens (tertiary/aromatic N) is 2. The van der Waals surface area contributed by atoms with Crippen LogP contribution in [-0.4, -0.2) is 0 Å². The van der Waals surface area contributed by atoms with Crippen LogP contribution in [0.2, 0.25) is 0 Å². The minimum Gasteiger partial charge on any atom is -0.311 e. The van der Waals surface area contributed by atoms with Crippen LogP contribution in [0.1, 0.15) is 44.5 Å². The Morgan fingerprint density at radius 1 is 0.132 bits per heavy atom. The van der Waals surface area contributed by atoms with Gasteiger partial charge in [-0.15, -0.1) is 0 Å². The van der Waals surface area contributed by atoms with E-state index in [1.54, 1.807) is 0 Å². The number of fused-ring (bicyclic) bond motifs is 20. The first kappa shape index (κ1) is 62.1. The van der Waals surface area contributed by atoms with Crippen LogP contribution in [0.5, 0.6) is 0 Å². The normalized spacial score (nSPS) is 12.9. The molecule has 0 fully saturated rings. The molecule has 0 radical (unpaired) electrons. The van der Waals surface area contributed by atoms with E-state index in [2.05, 4.69) is 434 Å². The zero-order valence-electron chi connectivity index (χ0n) is 58.3. The third kappa shape index (κ3) is 9.94. The predicted octanol–water partition coefficient (Wildman–Crippen LogP) is 27.3. The minimum absolute atomic E-state index is 0.350. The summed E-state index contributed by atoms with van der Waals surface area (Å²) in [6.45, 7) is 0. The summed E-state index contributed by atoms with van der Waals surface area (Å²) >= 11 is 0. The molecule has 17 aromatic rings. The van der Waals surface area contributed by atoms with Gasteiger partial charge in [0.1, 0.15) is 0 Å². The molecule has 0 N–H and O–H groups in total. The van der Waals surface area contributed by atoms with Gasteiger partial charge >= 0.3 is 0 Å². The number of rotatable bonds is 11. The maximum absolute atomic E-state index is 2.42. The summed E-state index contributed by atoms with van der Waals surface area (Å²) in [7, 11) is 0. The van der Waals surface area contributed by atoms with Crippen molar-refractivity contribution in [2.24, 2.45) is 0 Å². The van der Waals surface area contributed by atoms with E-state index in [-0.39, 0.29) is 10.8 Å². The van der Waals surface area contributed by atoms with Gasteiger partial charge in [0.2, 0.25) is 0 Å². The van der Waals surface area contributed by atoms with Gasteiger partial charge in [0.05, 0.1) is 10.8 Å². The van der Waals surface area contributed by atoms with Crippen LogP contribution in [0.25, 0.3) is 100 Å². The molecule has 0 heterocycles. The van der Waals surface area contributed by atoms with Gasteiger partial charge in [0.25, 0.3) is 0 Å². The third-order valence-corrected chi connectivity index (χ3v) is 22.6. The van der Waals surface area contributed by atoms with Gasteiger partial charge in [-0.1, -0.05) is 352 Å². The fraction of sp³-hybridized carbons (Fsp3) is 0.0192. The molecular formula is C104H70N2. The molecule has 0 saturated heterocycles. The molecule has 0 aliphatic heterocycles.